The minimum absolute atomic E-state index is 0.219. The van der Waals surface area contributed by atoms with E-state index < -0.39 is 0 Å². The third-order valence-electron chi connectivity index (χ3n) is 4.31. The molecule has 20 heavy (non-hydrogen) atoms. The van der Waals surface area contributed by atoms with E-state index >= 15 is 0 Å². The van der Waals surface area contributed by atoms with Crippen LogP contribution in [0.1, 0.15) is 18.1 Å². The number of para-hydroxylation sites is 1. The minimum Gasteiger partial charge on any atom is -0.392 e. The lowest BCUT2D eigenvalue weighted by Gasteiger charge is -2.35. The summed E-state index contributed by atoms with van der Waals surface area (Å²) in [6.45, 7) is 9.10. The van der Waals surface area contributed by atoms with Gasteiger partial charge in [-0.2, -0.15) is 0 Å². The maximum Gasteiger partial charge on any atom is 0.0639 e. The van der Waals surface area contributed by atoms with E-state index in [1.54, 1.807) is 0 Å². The number of hydrogen-bond donors (Lipinski definition) is 2. The van der Waals surface area contributed by atoms with Crippen LogP contribution >= 0.6 is 0 Å². The summed E-state index contributed by atoms with van der Waals surface area (Å²) in [4.78, 5) is 4.88. The van der Waals surface area contributed by atoms with Gasteiger partial charge in [0.2, 0.25) is 0 Å². The molecule has 0 aliphatic carbocycles. The average molecular weight is 275 g/mol. The van der Waals surface area contributed by atoms with Gasteiger partial charge in [0.15, 0.2) is 0 Å². The first-order chi connectivity index (χ1) is 9.72. The van der Waals surface area contributed by atoms with E-state index in [0.29, 0.717) is 0 Å². The number of aliphatic hydroxyl groups excluding tert-OH is 1. The molecule has 110 valence electrons. The maximum atomic E-state index is 9.45. The second kappa shape index (κ2) is 6.12. The van der Waals surface area contributed by atoms with E-state index in [2.05, 4.69) is 33.3 Å². The van der Waals surface area contributed by atoms with Crippen LogP contribution in [0.4, 0.5) is 5.69 Å². The van der Waals surface area contributed by atoms with Crippen LogP contribution in [-0.4, -0.2) is 60.3 Å². The van der Waals surface area contributed by atoms with Crippen molar-refractivity contribution in [1.29, 1.82) is 0 Å². The number of fused-ring (bicyclic) bond motifs is 1. The monoisotopic (exact) mass is 275 g/mol. The summed E-state index contributed by atoms with van der Waals surface area (Å²) in [5.74, 6) is 0. The standard InChI is InChI=1S/C16H25N3O/c1-13(20)11-18-7-9-19(10-8-18)12-15-4-2-3-14-5-6-17-16(14)15/h2-4,13,17,20H,5-12H2,1H3/t13-/m0/s1. The zero-order valence-corrected chi connectivity index (χ0v) is 12.3. The van der Waals surface area contributed by atoms with Crippen molar-refractivity contribution >= 4 is 5.69 Å². The first-order valence-electron chi connectivity index (χ1n) is 7.70. The van der Waals surface area contributed by atoms with Crippen LogP contribution in [0.15, 0.2) is 18.2 Å². The largest absolute Gasteiger partial charge is 0.392 e. The second-order valence-electron chi connectivity index (χ2n) is 6.05. The molecule has 4 nitrogen and oxygen atoms in total. The van der Waals surface area contributed by atoms with Crippen LogP contribution < -0.4 is 5.32 Å². The van der Waals surface area contributed by atoms with E-state index in [1.165, 1.54) is 16.8 Å². The van der Waals surface area contributed by atoms with Gasteiger partial charge in [0.1, 0.15) is 0 Å². The highest BCUT2D eigenvalue weighted by atomic mass is 16.3. The molecule has 2 aliphatic rings. The summed E-state index contributed by atoms with van der Waals surface area (Å²) < 4.78 is 0. The summed E-state index contributed by atoms with van der Waals surface area (Å²) in [6, 6.07) is 6.67. The molecular formula is C16H25N3O. The molecule has 1 saturated heterocycles. The normalized spacial score (nSPS) is 21.5. The van der Waals surface area contributed by atoms with E-state index in [-0.39, 0.29) is 6.10 Å². The lowest BCUT2D eigenvalue weighted by Crippen LogP contribution is -2.47. The molecule has 1 atom stereocenters. The molecule has 1 fully saturated rings. The molecule has 0 aromatic heterocycles. The zero-order valence-electron chi connectivity index (χ0n) is 12.3. The molecule has 4 heteroatoms. The van der Waals surface area contributed by atoms with Crippen LogP contribution in [0.2, 0.25) is 0 Å². The van der Waals surface area contributed by atoms with Crippen molar-refractivity contribution in [3.63, 3.8) is 0 Å². The third-order valence-corrected chi connectivity index (χ3v) is 4.31. The van der Waals surface area contributed by atoms with Gasteiger partial charge in [-0.3, -0.25) is 9.80 Å². The molecule has 1 aromatic carbocycles. The Labute approximate surface area is 121 Å². The van der Waals surface area contributed by atoms with Crippen LogP contribution in [-0.2, 0) is 13.0 Å². The Morgan fingerprint density at radius 3 is 2.70 bits per heavy atom. The third kappa shape index (κ3) is 3.14. The summed E-state index contributed by atoms with van der Waals surface area (Å²) in [7, 11) is 0. The van der Waals surface area contributed by atoms with Crippen molar-refractivity contribution in [2.75, 3.05) is 44.6 Å². The Bertz CT molecular complexity index is 453. The van der Waals surface area contributed by atoms with Gasteiger partial charge in [-0.15, -0.1) is 0 Å². The van der Waals surface area contributed by atoms with E-state index in [1.807, 2.05) is 6.92 Å². The first kappa shape index (κ1) is 13.9. The lowest BCUT2D eigenvalue weighted by molar-refractivity contribution is 0.0781. The Hall–Kier alpha value is -1.10. The van der Waals surface area contributed by atoms with Gasteiger partial charge in [-0.1, -0.05) is 18.2 Å². The van der Waals surface area contributed by atoms with Crippen molar-refractivity contribution in [3.05, 3.63) is 29.3 Å². The number of β-amino-alcohol motifs (C(OH)–C–C–N with tert-alkyl or cyclic N) is 1. The predicted molar refractivity (Wildman–Crippen MR) is 82.0 cm³/mol. The number of rotatable bonds is 4. The summed E-state index contributed by atoms with van der Waals surface area (Å²) in [5, 5.41) is 13.0. The smallest absolute Gasteiger partial charge is 0.0639 e. The zero-order chi connectivity index (χ0) is 13.9. The van der Waals surface area contributed by atoms with Gasteiger partial charge < -0.3 is 10.4 Å². The van der Waals surface area contributed by atoms with Crippen molar-refractivity contribution in [2.24, 2.45) is 0 Å². The molecule has 0 spiro atoms. The van der Waals surface area contributed by atoms with Gasteiger partial charge in [0.05, 0.1) is 6.10 Å². The van der Waals surface area contributed by atoms with Crippen molar-refractivity contribution in [2.45, 2.75) is 26.0 Å². The molecule has 0 unspecified atom stereocenters. The number of aliphatic hydroxyl groups is 1. The topological polar surface area (TPSA) is 38.7 Å². The lowest BCUT2D eigenvalue weighted by atomic mass is 10.1. The highest BCUT2D eigenvalue weighted by Crippen LogP contribution is 2.27. The van der Waals surface area contributed by atoms with Gasteiger partial charge in [0.25, 0.3) is 0 Å². The van der Waals surface area contributed by atoms with Crippen LogP contribution in [0.3, 0.4) is 0 Å². The van der Waals surface area contributed by atoms with Crippen molar-refractivity contribution < 1.29 is 5.11 Å². The van der Waals surface area contributed by atoms with Gasteiger partial charge in [-0.25, -0.2) is 0 Å². The number of hydrogen-bond acceptors (Lipinski definition) is 4. The fraction of sp³-hybridized carbons (Fsp3) is 0.625. The predicted octanol–water partition coefficient (Wildman–Crippen LogP) is 1.15. The van der Waals surface area contributed by atoms with Gasteiger partial charge in [-0.05, 0) is 24.5 Å². The highest BCUT2D eigenvalue weighted by Gasteiger charge is 2.20. The fourth-order valence-electron chi connectivity index (χ4n) is 3.29. The highest BCUT2D eigenvalue weighted by molar-refractivity contribution is 5.61. The molecule has 0 radical (unpaired) electrons. The average Bonchev–Trinajstić information content (AvgIpc) is 2.90. The quantitative estimate of drug-likeness (QED) is 0.865. The van der Waals surface area contributed by atoms with Crippen molar-refractivity contribution in [3.8, 4) is 0 Å². The molecule has 2 aliphatic heterocycles. The number of anilines is 1. The molecule has 2 N–H and O–H groups in total. The number of nitrogens with one attached hydrogen (secondary N) is 1. The van der Waals surface area contributed by atoms with E-state index in [4.69, 9.17) is 0 Å². The van der Waals surface area contributed by atoms with Crippen LogP contribution in [0.25, 0.3) is 0 Å². The van der Waals surface area contributed by atoms with Crippen LogP contribution in [0.5, 0.6) is 0 Å². The molecule has 0 amide bonds. The van der Waals surface area contributed by atoms with E-state index in [0.717, 1.165) is 52.2 Å². The Morgan fingerprint density at radius 2 is 1.95 bits per heavy atom. The summed E-state index contributed by atoms with van der Waals surface area (Å²) in [5.41, 5.74) is 4.28. The van der Waals surface area contributed by atoms with E-state index in [9.17, 15) is 5.11 Å². The molecule has 1 aromatic rings. The Balaban J connectivity index is 1.56. The Morgan fingerprint density at radius 1 is 1.20 bits per heavy atom. The van der Waals surface area contributed by atoms with Crippen molar-refractivity contribution in [1.82, 2.24) is 9.80 Å². The molecule has 0 saturated carbocycles. The molecule has 2 heterocycles. The maximum absolute atomic E-state index is 9.45. The first-order valence-corrected chi connectivity index (χ1v) is 7.70. The number of piperazine rings is 1. The van der Waals surface area contributed by atoms with Gasteiger partial charge in [0, 0.05) is 51.5 Å². The summed E-state index contributed by atoms with van der Waals surface area (Å²) in [6.07, 6.45) is 0.939. The molecule has 3 rings (SSSR count). The van der Waals surface area contributed by atoms with Gasteiger partial charge >= 0.3 is 0 Å². The Kier molecular flexibility index (Phi) is 4.24. The SMILES string of the molecule is C[C@H](O)CN1CCN(Cc2cccc3c2NCC3)CC1. The summed E-state index contributed by atoms with van der Waals surface area (Å²) >= 11 is 0. The molecule has 0 bridgehead atoms. The minimum atomic E-state index is -0.219. The number of benzene rings is 1. The molecular weight excluding hydrogens is 250 g/mol. The second-order valence-corrected chi connectivity index (χ2v) is 6.05. The van der Waals surface area contributed by atoms with Crippen LogP contribution in [0, 0.1) is 0 Å². The fourth-order valence-corrected chi connectivity index (χ4v) is 3.29. The number of nitrogens with zero attached hydrogens (tertiary/aromatic N) is 2.